The molecule has 3 aromatic carbocycles. The number of para-hydroxylation sites is 2. The van der Waals surface area contributed by atoms with Crippen LogP contribution in [0.2, 0.25) is 5.02 Å². The zero-order valence-electron chi connectivity index (χ0n) is 14.5. The summed E-state index contributed by atoms with van der Waals surface area (Å²) < 4.78 is 17.8. The topological polar surface area (TPSA) is 29.9 Å². The largest absolute Gasteiger partial charge is 0.325 e. The average Bonchev–Trinajstić information content (AvgIpc) is 3.06. The molecule has 0 saturated carbocycles. The molecule has 1 unspecified atom stereocenters. The standard InChI is InChI=1S/C22H14BrClFN3/c23-14-6-3-5-13(11-14)18-12-20(21-15(24)7-4-8-16(21)25)28-19-10-2-1-9-17(19)26-22(28)27-18/h1-12,20H,(H,26,27). The van der Waals surface area contributed by atoms with E-state index >= 15 is 0 Å². The molecule has 0 aliphatic carbocycles. The molecule has 2 heterocycles. The molecular formula is C22H14BrClFN3. The van der Waals surface area contributed by atoms with E-state index in [-0.39, 0.29) is 5.82 Å². The first kappa shape index (κ1) is 17.5. The Balaban J connectivity index is 1.78. The molecule has 1 N–H and O–H groups in total. The third-order valence-electron chi connectivity index (χ3n) is 4.88. The summed E-state index contributed by atoms with van der Waals surface area (Å²) in [7, 11) is 0. The van der Waals surface area contributed by atoms with E-state index in [0.717, 1.165) is 26.8 Å². The van der Waals surface area contributed by atoms with Gasteiger partial charge in [0.25, 0.3) is 0 Å². The minimum Gasteiger partial charge on any atom is -0.325 e. The monoisotopic (exact) mass is 453 g/mol. The predicted octanol–water partition coefficient (Wildman–Crippen LogP) is 6.65. The van der Waals surface area contributed by atoms with E-state index < -0.39 is 6.04 Å². The zero-order chi connectivity index (χ0) is 19.3. The summed E-state index contributed by atoms with van der Waals surface area (Å²) in [5, 5.41) is 3.78. The summed E-state index contributed by atoms with van der Waals surface area (Å²) in [5.41, 5.74) is 4.02. The van der Waals surface area contributed by atoms with E-state index in [4.69, 9.17) is 16.6 Å². The maximum absolute atomic E-state index is 14.9. The van der Waals surface area contributed by atoms with Crippen LogP contribution in [0.5, 0.6) is 0 Å². The summed E-state index contributed by atoms with van der Waals surface area (Å²) >= 11 is 9.95. The van der Waals surface area contributed by atoms with Crippen LogP contribution in [0, 0.1) is 5.82 Å². The average molecular weight is 455 g/mol. The normalized spacial score (nSPS) is 15.8. The summed E-state index contributed by atoms with van der Waals surface area (Å²) in [4.78, 5) is 4.72. The number of nitrogens with one attached hydrogen (secondary N) is 1. The second-order valence-electron chi connectivity index (χ2n) is 6.59. The van der Waals surface area contributed by atoms with Gasteiger partial charge in [0.05, 0.1) is 17.1 Å². The van der Waals surface area contributed by atoms with Gasteiger partial charge >= 0.3 is 0 Å². The smallest absolute Gasteiger partial charge is 0.209 e. The number of fused-ring (bicyclic) bond motifs is 3. The lowest BCUT2D eigenvalue weighted by Gasteiger charge is -2.27. The first-order chi connectivity index (χ1) is 13.6. The second-order valence-corrected chi connectivity index (χ2v) is 7.91. The van der Waals surface area contributed by atoms with Gasteiger partial charge < -0.3 is 5.32 Å². The van der Waals surface area contributed by atoms with Crippen LogP contribution in [-0.2, 0) is 0 Å². The summed E-state index contributed by atoms with van der Waals surface area (Å²) in [6.07, 6.45) is 1.99. The molecule has 1 aliphatic rings. The number of nitrogens with zero attached hydrogens (tertiary/aromatic N) is 2. The number of benzene rings is 3. The molecule has 0 radical (unpaired) electrons. The van der Waals surface area contributed by atoms with E-state index in [9.17, 15) is 4.39 Å². The van der Waals surface area contributed by atoms with Gasteiger partial charge in [0.15, 0.2) is 0 Å². The Morgan fingerprint density at radius 2 is 1.86 bits per heavy atom. The number of rotatable bonds is 2. The molecule has 0 fully saturated rings. The van der Waals surface area contributed by atoms with Crippen LogP contribution in [-0.4, -0.2) is 9.55 Å². The van der Waals surface area contributed by atoms with Crippen molar-refractivity contribution >= 4 is 50.2 Å². The molecule has 28 heavy (non-hydrogen) atoms. The Labute approximate surface area is 174 Å². The van der Waals surface area contributed by atoms with Crippen LogP contribution >= 0.6 is 27.5 Å². The molecule has 138 valence electrons. The van der Waals surface area contributed by atoms with E-state index in [1.165, 1.54) is 6.07 Å². The number of imidazole rings is 1. The maximum atomic E-state index is 14.9. The Bertz CT molecular complexity index is 1230. The molecule has 1 aromatic heterocycles. The third-order valence-corrected chi connectivity index (χ3v) is 5.70. The molecular weight excluding hydrogens is 441 g/mol. The Morgan fingerprint density at radius 3 is 2.68 bits per heavy atom. The van der Waals surface area contributed by atoms with Gasteiger partial charge in [-0.15, -0.1) is 0 Å². The minimum atomic E-state index is -0.425. The highest BCUT2D eigenvalue weighted by molar-refractivity contribution is 9.10. The lowest BCUT2D eigenvalue weighted by atomic mass is 10.0. The fourth-order valence-corrected chi connectivity index (χ4v) is 4.31. The van der Waals surface area contributed by atoms with Gasteiger partial charge in [-0.1, -0.05) is 57.9 Å². The number of hydrogen-bond donors (Lipinski definition) is 1. The highest BCUT2D eigenvalue weighted by atomic mass is 79.9. The van der Waals surface area contributed by atoms with Crippen molar-refractivity contribution in [3.8, 4) is 0 Å². The lowest BCUT2D eigenvalue weighted by Crippen LogP contribution is -2.20. The number of allylic oxidation sites excluding steroid dienone is 1. The van der Waals surface area contributed by atoms with Crippen molar-refractivity contribution in [2.75, 3.05) is 5.32 Å². The van der Waals surface area contributed by atoms with Crippen LogP contribution in [0.4, 0.5) is 10.3 Å². The SMILES string of the molecule is Fc1cccc(Cl)c1C1C=C(c2cccc(Br)c2)Nc2nc3ccccc3n21. The van der Waals surface area contributed by atoms with Crippen LogP contribution < -0.4 is 5.32 Å². The first-order valence-corrected chi connectivity index (χ1v) is 9.94. The van der Waals surface area contributed by atoms with E-state index in [2.05, 4.69) is 21.2 Å². The molecule has 1 aliphatic heterocycles. The van der Waals surface area contributed by atoms with Gasteiger partial charge in [0, 0.05) is 20.8 Å². The van der Waals surface area contributed by atoms with Crippen molar-refractivity contribution in [1.29, 1.82) is 0 Å². The molecule has 0 saturated heterocycles. The van der Waals surface area contributed by atoms with Gasteiger partial charge in [-0.2, -0.15) is 0 Å². The lowest BCUT2D eigenvalue weighted by molar-refractivity contribution is 0.584. The van der Waals surface area contributed by atoms with E-state index in [1.54, 1.807) is 12.1 Å². The van der Waals surface area contributed by atoms with Gasteiger partial charge in [-0.3, -0.25) is 4.57 Å². The highest BCUT2D eigenvalue weighted by Crippen LogP contribution is 2.40. The molecule has 4 aromatic rings. The fraction of sp³-hybridized carbons (Fsp3) is 0.0455. The number of halogens is 3. The van der Waals surface area contributed by atoms with Gasteiger partial charge in [0.2, 0.25) is 5.95 Å². The van der Waals surface area contributed by atoms with Crippen LogP contribution in [0.25, 0.3) is 16.7 Å². The van der Waals surface area contributed by atoms with E-state index in [1.807, 2.05) is 59.2 Å². The zero-order valence-corrected chi connectivity index (χ0v) is 16.9. The molecule has 3 nitrogen and oxygen atoms in total. The van der Waals surface area contributed by atoms with Crippen LogP contribution in [0.1, 0.15) is 17.2 Å². The molecule has 6 heteroatoms. The number of hydrogen-bond acceptors (Lipinski definition) is 2. The maximum Gasteiger partial charge on any atom is 0.209 e. The summed E-state index contributed by atoms with van der Waals surface area (Å²) in [6, 6.07) is 20.1. The van der Waals surface area contributed by atoms with Crippen LogP contribution in [0.15, 0.2) is 77.3 Å². The first-order valence-electron chi connectivity index (χ1n) is 8.77. The van der Waals surface area contributed by atoms with Crippen molar-refractivity contribution in [3.63, 3.8) is 0 Å². The summed E-state index contributed by atoms with van der Waals surface area (Å²) in [5.74, 6) is 0.316. The molecule has 1 atom stereocenters. The van der Waals surface area contributed by atoms with Crippen molar-refractivity contribution in [3.05, 3.63) is 99.2 Å². The fourth-order valence-electron chi connectivity index (χ4n) is 3.64. The second kappa shape index (κ2) is 6.76. The number of aromatic nitrogens is 2. The Morgan fingerprint density at radius 1 is 1.04 bits per heavy atom. The van der Waals surface area contributed by atoms with E-state index in [0.29, 0.717) is 16.5 Å². The van der Waals surface area contributed by atoms with Gasteiger partial charge in [-0.05, 0) is 48.0 Å². The van der Waals surface area contributed by atoms with Crippen LogP contribution in [0.3, 0.4) is 0 Å². The molecule has 0 bridgehead atoms. The number of anilines is 1. The van der Waals surface area contributed by atoms with Crippen molar-refractivity contribution in [2.24, 2.45) is 0 Å². The van der Waals surface area contributed by atoms with Gasteiger partial charge in [-0.25, -0.2) is 9.37 Å². The quantitative estimate of drug-likeness (QED) is 0.367. The van der Waals surface area contributed by atoms with Crippen molar-refractivity contribution in [2.45, 2.75) is 6.04 Å². The Hall–Kier alpha value is -2.63. The summed E-state index contributed by atoms with van der Waals surface area (Å²) in [6.45, 7) is 0. The minimum absolute atomic E-state index is 0.340. The third kappa shape index (κ3) is 2.82. The molecule has 0 amide bonds. The highest BCUT2D eigenvalue weighted by Gasteiger charge is 2.28. The van der Waals surface area contributed by atoms with Crippen molar-refractivity contribution < 1.29 is 4.39 Å². The predicted molar refractivity (Wildman–Crippen MR) is 115 cm³/mol. The van der Waals surface area contributed by atoms with Crippen molar-refractivity contribution in [1.82, 2.24) is 9.55 Å². The van der Waals surface area contributed by atoms with Gasteiger partial charge in [0.1, 0.15) is 5.82 Å². The molecule has 0 spiro atoms. The molecule has 5 rings (SSSR count). The Kier molecular flexibility index (Phi) is 4.22.